The fourth-order valence-electron chi connectivity index (χ4n) is 4.68. The normalized spacial score (nSPS) is 19.9. The second-order valence-corrected chi connectivity index (χ2v) is 10.2. The summed E-state index contributed by atoms with van der Waals surface area (Å²) in [6, 6.07) is 5.78. The van der Waals surface area contributed by atoms with Gasteiger partial charge < -0.3 is 24.4 Å². The van der Waals surface area contributed by atoms with E-state index in [0.717, 1.165) is 60.4 Å². The maximum atomic E-state index is 13.3. The van der Waals surface area contributed by atoms with E-state index in [1.54, 1.807) is 7.11 Å². The van der Waals surface area contributed by atoms with Crippen molar-refractivity contribution in [2.24, 2.45) is 4.99 Å². The van der Waals surface area contributed by atoms with Gasteiger partial charge in [0.15, 0.2) is 5.17 Å². The van der Waals surface area contributed by atoms with Crippen LogP contribution in [0.3, 0.4) is 0 Å². The molecule has 10 heteroatoms. The van der Waals surface area contributed by atoms with Crippen LogP contribution in [-0.2, 0) is 23.8 Å². The molecule has 0 unspecified atom stereocenters. The van der Waals surface area contributed by atoms with Gasteiger partial charge in [0.25, 0.3) is 0 Å². The summed E-state index contributed by atoms with van der Waals surface area (Å²) >= 11 is 1.48. The molecule has 3 aliphatic rings. The van der Waals surface area contributed by atoms with Crippen LogP contribution in [0.2, 0.25) is 0 Å². The number of fused-ring (bicyclic) bond motifs is 1. The molecule has 4 rings (SSSR count). The lowest BCUT2D eigenvalue weighted by atomic mass is 9.90. The van der Waals surface area contributed by atoms with E-state index in [9.17, 15) is 9.59 Å². The Balaban J connectivity index is 1.55. The van der Waals surface area contributed by atoms with Crippen molar-refractivity contribution in [3.63, 3.8) is 0 Å². The summed E-state index contributed by atoms with van der Waals surface area (Å²) in [5.74, 6) is -0.481. The fraction of sp³-hybridized carbons (Fsp3) is 0.519. The molecule has 1 N–H and O–H groups in total. The Morgan fingerprint density at radius 3 is 2.73 bits per heavy atom. The number of allylic oxidation sites excluding steroid dienone is 1. The summed E-state index contributed by atoms with van der Waals surface area (Å²) in [4.78, 5) is 35.3. The van der Waals surface area contributed by atoms with Crippen molar-refractivity contribution in [3.8, 4) is 0 Å². The molecule has 0 aromatic heterocycles. The first-order chi connectivity index (χ1) is 17.9. The van der Waals surface area contributed by atoms with E-state index in [0.29, 0.717) is 24.4 Å². The van der Waals surface area contributed by atoms with E-state index < -0.39 is 12.0 Å². The van der Waals surface area contributed by atoms with Gasteiger partial charge in [0.1, 0.15) is 6.61 Å². The number of esters is 1. The van der Waals surface area contributed by atoms with Gasteiger partial charge in [-0.05, 0) is 37.3 Å². The molecule has 1 aromatic rings. The first-order valence-corrected chi connectivity index (χ1v) is 13.5. The van der Waals surface area contributed by atoms with Crippen molar-refractivity contribution >= 4 is 28.8 Å². The average molecular weight is 529 g/mol. The van der Waals surface area contributed by atoms with Gasteiger partial charge in [0.2, 0.25) is 5.91 Å². The number of morpholine rings is 1. The van der Waals surface area contributed by atoms with Gasteiger partial charge in [0, 0.05) is 39.0 Å². The first kappa shape index (κ1) is 27.4. The zero-order valence-electron chi connectivity index (χ0n) is 22.0. The van der Waals surface area contributed by atoms with E-state index in [-0.39, 0.29) is 18.9 Å². The van der Waals surface area contributed by atoms with E-state index in [2.05, 4.69) is 28.4 Å². The topological polar surface area (TPSA) is 92.7 Å². The largest absolute Gasteiger partial charge is 0.460 e. The quantitative estimate of drug-likeness (QED) is 0.366. The molecule has 3 aliphatic heterocycles. The van der Waals surface area contributed by atoms with Crippen LogP contribution in [0.4, 0.5) is 0 Å². The predicted molar refractivity (Wildman–Crippen MR) is 144 cm³/mol. The van der Waals surface area contributed by atoms with Crippen molar-refractivity contribution < 1.29 is 23.8 Å². The Hall–Kier alpha value is -2.66. The number of aliphatic imine (C=N–C) groups is 1. The molecule has 9 nitrogen and oxygen atoms in total. The Kier molecular flexibility index (Phi) is 9.42. The van der Waals surface area contributed by atoms with Crippen LogP contribution >= 0.6 is 11.8 Å². The maximum absolute atomic E-state index is 13.3. The van der Waals surface area contributed by atoms with Crippen LogP contribution in [0.5, 0.6) is 0 Å². The number of carbonyl (C=O) groups is 2. The number of rotatable bonds is 10. The minimum atomic E-state index is -0.440. The summed E-state index contributed by atoms with van der Waals surface area (Å²) in [5.41, 5.74) is 5.05. The number of hydrogen-bond acceptors (Lipinski definition) is 9. The van der Waals surface area contributed by atoms with Crippen LogP contribution in [0.15, 0.2) is 45.6 Å². The molecule has 1 saturated heterocycles. The second kappa shape index (κ2) is 12.7. The summed E-state index contributed by atoms with van der Waals surface area (Å²) < 4.78 is 16.0. The first-order valence-electron chi connectivity index (χ1n) is 12.6. The van der Waals surface area contributed by atoms with Gasteiger partial charge in [-0.1, -0.05) is 35.5 Å². The van der Waals surface area contributed by atoms with Crippen LogP contribution < -0.4 is 5.32 Å². The summed E-state index contributed by atoms with van der Waals surface area (Å²) in [7, 11) is 1.57. The van der Waals surface area contributed by atoms with Gasteiger partial charge in [-0.3, -0.25) is 9.69 Å². The maximum Gasteiger partial charge on any atom is 0.338 e. The van der Waals surface area contributed by atoms with E-state index in [4.69, 9.17) is 19.2 Å². The van der Waals surface area contributed by atoms with Crippen molar-refractivity contribution in [1.82, 2.24) is 15.1 Å². The second-order valence-electron chi connectivity index (χ2n) is 9.36. The number of nitrogens with zero attached hydrogens (tertiary/aromatic N) is 3. The van der Waals surface area contributed by atoms with E-state index >= 15 is 0 Å². The molecule has 1 amide bonds. The highest BCUT2D eigenvalue weighted by atomic mass is 32.2. The zero-order valence-corrected chi connectivity index (χ0v) is 22.9. The standard InChI is InChI=1S/C27H36N4O5S/c1-18-5-6-19(2)22(15-18)25-24(26(33)36-14-13-34-4)20(3)29-27-31(25)21(17-37-27)16-23(32)28-7-8-30-9-11-35-12-10-30/h5-6,15,17,25H,7-14,16H2,1-4H3,(H,28,32)/t25-/m1/s1. The lowest BCUT2D eigenvalue weighted by Gasteiger charge is -2.37. The molecule has 0 aliphatic carbocycles. The number of carbonyl (C=O) groups excluding carboxylic acids is 2. The molecule has 0 spiro atoms. The SMILES string of the molecule is COCCOC(=O)C1=C(C)N=C2SC=C(CC(=O)NCCN3CCOCC3)N2[C@@H]1c1cc(C)ccc1C. The average Bonchev–Trinajstić information content (AvgIpc) is 3.27. The third-order valence-corrected chi connectivity index (χ3v) is 7.55. The number of hydrogen-bond donors (Lipinski definition) is 1. The number of nitrogens with one attached hydrogen (secondary N) is 1. The van der Waals surface area contributed by atoms with Crippen molar-refractivity contribution in [1.29, 1.82) is 0 Å². The highest BCUT2D eigenvalue weighted by Crippen LogP contribution is 2.45. The van der Waals surface area contributed by atoms with Crippen LogP contribution in [0.1, 0.15) is 36.1 Å². The number of amides is 1. The number of methoxy groups -OCH3 is 1. The number of benzene rings is 1. The monoisotopic (exact) mass is 528 g/mol. The van der Waals surface area contributed by atoms with Crippen molar-refractivity contribution in [2.45, 2.75) is 33.2 Å². The van der Waals surface area contributed by atoms with Gasteiger partial charge in [-0.2, -0.15) is 0 Å². The Morgan fingerprint density at radius 1 is 1.19 bits per heavy atom. The lowest BCUT2D eigenvalue weighted by molar-refractivity contribution is -0.141. The van der Waals surface area contributed by atoms with E-state index in [1.807, 2.05) is 31.1 Å². The summed E-state index contributed by atoms with van der Waals surface area (Å²) in [6.07, 6.45) is 0.196. The van der Waals surface area contributed by atoms with Gasteiger partial charge in [-0.25, -0.2) is 9.79 Å². The Labute approximate surface area is 222 Å². The lowest BCUT2D eigenvalue weighted by Crippen LogP contribution is -2.42. The number of ether oxygens (including phenoxy) is 3. The molecular formula is C27H36N4O5S. The molecule has 3 heterocycles. The predicted octanol–water partition coefficient (Wildman–Crippen LogP) is 2.91. The number of amidine groups is 1. The van der Waals surface area contributed by atoms with Crippen molar-refractivity contribution in [2.75, 3.05) is 59.7 Å². The summed E-state index contributed by atoms with van der Waals surface area (Å²) in [6.45, 7) is 11.0. The third-order valence-electron chi connectivity index (χ3n) is 6.67. The Morgan fingerprint density at radius 2 is 1.97 bits per heavy atom. The fourth-order valence-corrected chi connectivity index (χ4v) is 5.64. The minimum Gasteiger partial charge on any atom is -0.460 e. The van der Waals surface area contributed by atoms with Gasteiger partial charge >= 0.3 is 5.97 Å². The molecular weight excluding hydrogens is 492 g/mol. The molecule has 1 aromatic carbocycles. The van der Waals surface area contributed by atoms with Crippen LogP contribution in [-0.4, -0.2) is 86.6 Å². The van der Waals surface area contributed by atoms with Crippen LogP contribution in [0.25, 0.3) is 0 Å². The minimum absolute atomic E-state index is 0.0587. The molecule has 1 fully saturated rings. The molecule has 0 bridgehead atoms. The molecule has 0 radical (unpaired) electrons. The molecule has 200 valence electrons. The Bertz CT molecular complexity index is 1110. The molecule has 37 heavy (non-hydrogen) atoms. The third kappa shape index (κ3) is 6.62. The summed E-state index contributed by atoms with van der Waals surface area (Å²) in [5, 5.41) is 5.77. The smallest absolute Gasteiger partial charge is 0.338 e. The molecule has 1 atom stereocenters. The zero-order chi connectivity index (χ0) is 26.4. The molecule has 0 saturated carbocycles. The highest BCUT2D eigenvalue weighted by molar-refractivity contribution is 8.16. The highest BCUT2D eigenvalue weighted by Gasteiger charge is 2.41. The van der Waals surface area contributed by atoms with Crippen LogP contribution in [0, 0.1) is 13.8 Å². The number of aryl methyl sites for hydroxylation is 2. The van der Waals surface area contributed by atoms with E-state index in [1.165, 1.54) is 11.8 Å². The van der Waals surface area contributed by atoms with Gasteiger partial charge in [0.05, 0.1) is 43.6 Å². The van der Waals surface area contributed by atoms with Gasteiger partial charge in [-0.15, -0.1) is 0 Å². The number of thioether (sulfide) groups is 1. The van der Waals surface area contributed by atoms with Crippen molar-refractivity contribution in [3.05, 3.63) is 57.3 Å².